The third kappa shape index (κ3) is 5.10. The summed E-state index contributed by atoms with van der Waals surface area (Å²) in [7, 11) is 0. The Bertz CT molecular complexity index is 1200. The topological polar surface area (TPSA) is 110 Å². The molecule has 184 valence electrons. The Hall–Kier alpha value is -2.80. The molecule has 2 atom stereocenters. The number of hydrogen-bond acceptors (Lipinski definition) is 9. The molecule has 0 radical (unpaired) electrons. The maximum absolute atomic E-state index is 10.4. The van der Waals surface area contributed by atoms with Crippen LogP contribution in [0.25, 0.3) is 10.9 Å². The first kappa shape index (κ1) is 23.9. The van der Waals surface area contributed by atoms with E-state index >= 15 is 0 Å². The van der Waals surface area contributed by atoms with Crippen molar-refractivity contribution in [2.24, 2.45) is 0 Å². The largest absolute Gasteiger partial charge is 0.384 e. The van der Waals surface area contributed by atoms with E-state index in [4.69, 9.17) is 10.2 Å². The lowest BCUT2D eigenvalue weighted by molar-refractivity contribution is 0.0735. The van der Waals surface area contributed by atoms with Gasteiger partial charge in [0.1, 0.15) is 17.2 Å². The molecule has 3 aromatic rings. The number of aromatic nitrogens is 3. The molecule has 0 amide bonds. The van der Waals surface area contributed by atoms with E-state index in [0.29, 0.717) is 30.4 Å². The van der Waals surface area contributed by atoms with Crippen LogP contribution in [0.2, 0.25) is 0 Å². The highest BCUT2D eigenvalue weighted by Crippen LogP contribution is 2.48. The Morgan fingerprint density at radius 1 is 1.23 bits per heavy atom. The van der Waals surface area contributed by atoms with E-state index in [1.165, 1.54) is 11.3 Å². The van der Waals surface area contributed by atoms with Gasteiger partial charge in [0.25, 0.3) is 0 Å². The zero-order valence-electron chi connectivity index (χ0n) is 20.4. The van der Waals surface area contributed by atoms with E-state index < -0.39 is 5.60 Å². The van der Waals surface area contributed by atoms with Gasteiger partial charge in [-0.15, -0.1) is 0 Å². The molecule has 3 N–H and O–H groups in total. The molecule has 1 saturated carbocycles. The lowest BCUT2D eigenvalue weighted by Crippen LogP contribution is -2.52. The number of anilines is 3. The second-order valence-corrected chi connectivity index (χ2v) is 10.7. The van der Waals surface area contributed by atoms with Crippen LogP contribution in [0.15, 0.2) is 30.6 Å². The zero-order valence-corrected chi connectivity index (χ0v) is 21.2. The molecule has 35 heavy (non-hydrogen) atoms. The highest BCUT2D eigenvalue weighted by atomic mass is 32.1. The van der Waals surface area contributed by atoms with Crippen LogP contribution in [0, 0.1) is 11.3 Å². The Kier molecular flexibility index (Phi) is 6.87. The summed E-state index contributed by atoms with van der Waals surface area (Å²) >= 11 is 1.48. The summed E-state index contributed by atoms with van der Waals surface area (Å²) in [6, 6.07) is 9.46. The minimum Gasteiger partial charge on any atom is -0.384 e. The lowest BCUT2D eigenvalue weighted by atomic mass is 9.88. The van der Waals surface area contributed by atoms with Crippen molar-refractivity contribution in [2.75, 3.05) is 17.2 Å². The molecular formula is C26H33N7OS. The average Bonchev–Trinajstić information content (AvgIpc) is 3.44. The quantitative estimate of drug-likeness (QED) is 0.377. The molecule has 3 aromatic heterocycles. The minimum atomic E-state index is -0.684. The van der Waals surface area contributed by atoms with Gasteiger partial charge >= 0.3 is 0 Å². The Morgan fingerprint density at radius 3 is 2.69 bits per heavy atom. The van der Waals surface area contributed by atoms with E-state index in [1.807, 2.05) is 12.1 Å². The van der Waals surface area contributed by atoms with Crippen LogP contribution >= 0.6 is 11.3 Å². The van der Waals surface area contributed by atoms with Crippen LogP contribution in [0.3, 0.4) is 0 Å². The zero-order chi connectivity index (χ0) is 24.4. The van der Waals surface area contributed by atoms with Gasteiger partial charge in [0.2, 0.25) is 0 Å². The molecule has 1 aliphatic carbocycles. The van der Waals surface area contributed by atoms with Gasteiger partial charge in [0, 0.05) is 54.9 Å². The number of aliphatic hydroxyl groups is 1. The summed E-state index contributed by atoms with van der Waals surface area (Å²) < 4.78 is 0. The van der Waals surface area contributed by atoms with Crippen molar-refractivity contribution >= 4 is 39.0 Å². The van der Waals surface area contributed by atoms with Gasteiger partial charge < -0.3 is 15.7 Å². The SMILES string of the molecule is CCC1CC(Nc2nc(Nc3ncc(C4(O)CC4)s3)cc3ncccc23)CC(CC)N1CCC#N. The summed E-state index contributed by atoms with van der Waals surface area (Å²) in [5.74, 6) is 1.52. The molecule has 2 aliphatic rings. The van der Waals surface area contributed by atoms with Crippen molar-refractivity contribution < 1.29 is 5.11 Å². The Balaban J connectivity index is 1.38. The van der Waals surface area contributed by atoms with Crippen LogP contribution in [0.1, 0.15) is 63.7 Å². The number of nitrogens with zero attached hydrogens (tertiary/aromatic N) is 5. The van der Waals surface area contributed by atoms with E-state index in [9.17, 15) is 5.11 Å². The van der Waals surface area contributed by atoms with E-state index in [2.05, 4.69) is 51.5 Å². The normalized spacial score (nSPS) is 23.7. The van der Waals surface area contributed by atoms with Gasteiger partial charge in [-0.1, -0.05) is 25.2 Å². The van der Waals surface area contributed by atoms with Gasteiger partial charge in [0.15, 0.2) is 5.13 Å². The number of piperidine rings is 1. The first-order valence-corrected chi connectivity index (χ1v) is 13.4. The summed E-state index contributed by atoms with van der Waals surface area (Å²) in [4.78, 5) is 17.4. The van der Waals surface area contributed by atoms with Gasteiger partial charge in [-0.25, -0.2) is 9.97 Å². The summed E-state index contributed by atoms with van der Waals surface area (Å²) in [6.07, 6.45) is 9.91. The fraction of sp³-hybridized carbons (Fsp3) is 0.538. The molecule has 2 unspecified atom stereocenters. The molecule has 4 heterocycles. The third-order valence-corrected chi connectivity index (χ3v) is 8.44. The van der Waals surface area contributed by atoms with E-state index in [1.54, 1.807) is 12.4 Å². The van der Waals surface area contributed by atoms with Crippen molar-refractivity contribution in [2.45, 2.75) is 82.5 Å². The van der Waals surface area contributed by atoms with E-state index in [0.717, 1.165) is 71.8 Å². The molecule has 0 bridgehead atoms. The highest BCUT2D eigenvalue weighted by molar-refractivity contribution is 7.15. The molecule has 0 aromatic carbocycles. The fourth-order valence-corrected chi connectivity index (χ4v) is 6.22. The lowest BCUT2D eigenvalue weighted by Gasteiger charge is -2.45. The number of hydrogen-bond donors (Lipinski definition) is 3. The van der Waals surface area contributed by atoms with Crippen molar-refractivity contribution in [3.8, 4) is 6.07 Å². The minimum absolute atomic E-state index is 0.296. The summed E-state index contributed by atoms with van der Waals surface area (Å²) in [6.45, 7) is 5.32. The predicted molar refractivity (Wildman–Crippen MR) is 140 cm³/mol. The van der Waals surface area contributed by atoms with Crippen molar-refractivity contribution in [1.29, 1.82) is 5.26 Å². The number of thiazole rings is 1. The second kappa shape index (κ2) is 10.1. The van der Waals surface area contributed by atoms with Gasteiger partial charge in [-0.2, -0.15) is 5.26 Å². The van der Waals surface area contributed by atoms with Crippen LogP contribution in [0.4, 0.5) is 16.8 Å². The Labute approximate surface area is 210 Å². The number of nitriles is 1. The number of fused-ring (bicyclic) bond motifs is 1. The number of pyridine rings is 2. The van der Waals surface area contributed by atoms with Crippen LogP contribution in [-0.4, -0.2) is 49.6 Å². The van der Waals surface area contributed by atoms with Gasteiger partial charge in [0.05, 0.1) is 16.5 Å². The van der Waals surface area contributed by atoms with Crippen molar-refractivity contribution in [3.05, 3.63) is 35.5 Å². The number of rotatable bonds is 9. The van der Waals surface area contributed by atoms with Crippen LogP contribution in [-0.2, 0) is 5.60 Å². The van der Waals surface area contributed by atoms with Crippen molar-refractivity contribution in [1.82, 2.24) is 19.9 Å². The smallest absolute Gasteiger partial charge is 0.188 e. The number of nitrogens with one attached hydrogen (secondary N) is 2. The molecule has 8 nitrogen and oxygen atoms in total. The summed E-state index contributed by atoms with van der Waals surface area (Å²) in [5.41, 5.74) is 0.187. The average molecular weight is 492 g/mol. The summed E-state index contributed by atoms with van der Waals surface area (Å²) in [5, 5.41) is 28.3. The van der Waals surface area contributed by atoms with Crippen molar-refractivity contribution in [3.63, 3.8) is 0 Å². The fourth-order valence-electron chi connectivity index (χ4n) is 5.25. The molecule has 5 rings (SSSR count). The van der Waals surface area contributed by atoms with E-state index in [-0.39, 0.29) is 0 Å². The molecule has 1 saturated heterocycles. The van der Waals surface area contributed by atoms with Gasteiger partial charge in [-0.05, 0) is 50.7 Å². The predicted octanol–water partition coefficient (Wildman–Crippen LogP) is 5.16. The molecule has 1 aliphatic heterocycles. The maximum Gasteiger partial charge on any atom is 0.188 e. The van der Waals surface area contributed by atoms with Crippen LogP contribution in [0.5, 0.6) is 0 Å². The van der Waals surface area contributed by atoms with Crippen LogP contribution < -0.4 is 10.6 Å². The van der Waals surface area contributed by atoms with Gasteiger partial charge in [-0.3, -0.25) is 9.88 Å². The number of likely N-dealkylation sites (tertiary alicyclic amines) is 1. The first-order chi connectivity index (χ1) is 17.0. The first-order valence-electron chi connectivity index (χ1n) is 12.6. The maximum atomic E-state index is 10.4. The second-order valence-electron chi connectivity index (χ2n) is 9.70. The monoisotopic (exact) mass is 491 g/mol. The molecule has 0 spiro atoms. The Morgan fingerprint density at radius 2 is 2.00 bits per heavy atom. The standard InChI is InChI=1S/C26H33N7OS/c1-3-18-13-17(14-19(4-2)33(18)12-6-10-27)30-24-20-7-5-11-28-21(20)15-23(31-24)32-25-29-16-22(35-25)26(34)8-9-26/h5,7,11,15-19,34H,3-4,6,8-9,12-14H2,1-2H3,(H2,29,30,31,32). The third-order valence-electron chi connectivity index (χ3n) is 7.34. The molecular weight excluding hydrogens is 458 g/mol. The molecule has 2 fully saturated rings. The molecule has 9 heteroatoms. The highest BCUT2D eigenvalue weighted by Gasteiger charge is 2.44.